The largest absolute Gasteiger partial charge is 0.493 e. The molecule has 0 unspecified atom stereocenters. The number of carbonyl (C=O) groups is 1. The van der Waals surface area contributed by atoms with E-state index in [1.54, 1.807) is 37.4 Å². The molecule has 0 heterocycles. The lowest BCUT2D eigenvalue weighted by Crippen LogP contribution is -2.08. The molecule has 0 atom stereocenters. The minimum atomic E-state index is -0.232. The van der Waals surface area contributed by atoms with E-state index in [0.29, 0.717) is 45.2 Å². The Morgan fingerprint density at radius 3 is 2.32 bits per heavy atom. The Morgan fingerprint density at radius 1 is 1.12 bits per heavy atom. The van der Waals surface area contributed by atoms with Crippen molar-refractivity contribution in [3.05, 3.63) is 57.1 Å². The molecule has 2 aromatic carbocycles. The third-order valence-corrected chi connectivity index (χ3v) is 4.53. The van der Waals surface area contributed by atoms with E-state index in [2.05, 4.69) is 13.8 Å². The summed E-state index contributed by atoms with van der Waals surface area (Å²) in [6, 6.07) is 8.51. The van der Waals surface area contributed by atoms with E-state index in [-0.39, 0.29) is 5.78 Å². The van der Waals surface area contributed by atoms with Gasteiger partial charge in [-0.25, -0.2) is 0 Å². The second-order valence-electron chi connectivity index (χ2n) is 6.27. The van der Waals surface area contributed by atoms with Gasteiger partial charge in [0.2, 0.25) is 0 Å². The van der Waals surface area contributed by atoms with Crippen LogP contribution in [0, 0.1) is 12.8 Å². The van der Waals surface area contributed by atoms with Crippen LogP contribution < -0.4 is 9.47 Å². The second kappa shape index (κ2) is 8.59. The fourth-order valence-electron chi connectivity index (χ4n) is 2.43. The number of ether oxygens (including phenoxy) is 2. The van der Waals surface area contributed by atoms with E-state index in [0.717, 1.165) is 12.0 Å². The number of methoxy groups -OCH3 is 1. The predicted molar refractivity (Wildman–Crippen MR) is 103 cm³/mol. The quantitative estimate of drug-likeness (QED) is 0.555. The SMILES string of the molecule is COc1cc(C)c(C(=O)c2c(Cl)cccc2Cl)cc1OCCC(C)C. The molecule has 0 N–H and O–H groups in total. The zero-order chi connectivity index (χ0) is 18.6. The van der Waals surface area contributed by atoms with Crippen LogP contribution in [0.5, 0.6) is 11.5 Å². The highest BCUT2D eigenvalue weighted by atomic mass is 35.5. The van der Waals surface area contributed by atoms with Gasteiger partial charge in [0, 0.05) is 5.56 Å². The van der Waals surface area contributed by atoms with Gasteiger partial charge in [0.15, 0.2) is 17.3 Å². The van der Waals surface area contributed by atoms with E-state index in [9.17, 15) is 4.79 Å². The first-order valence-corrected chi connectivity index (χ1v) is 8.90. The topological polar surface area (TPSA) is 35.5 Å². The van der Waals surface area contributed by atoms with Crippen molar-refractivity contribution in [2.24, 2.45) is 5.92 Å². The molecule has 0 aliphatic carbocycles. The standard InChI is InChI=1S/C20H22Cl2O3/c1-12(2)8-9-25-18-11-14(13(3)10-17(18)24-4)20(23)19-15(21)6-5-7-16(19)22/h5-7,10-12H,8-9H2,1-4H3. The lowest BCUT2D eigenvalue weighted by molar-refractivity contribution is 0.103. The summed E-state index contributed by atoms with van der Waals surface area (Å²) in [6.45, 7) is 6.66. The molecule has 0 saturated heterocycles. The van der Waals surface area contributed by atoms with Crippen molar-refractivity contribution in [3.8, 4) is 11.5 Å². The van der Waals surface area contributed by atoms with Crippen LogP contribution in [0.2, 0.25) is 10.0 Å². The Balaban J connectivity index is 2.42. The van der Waals surface area contributed by atoms with Crippen LogP contribution >= 0.6 is 23.2 Å². The number of hydrogen-bond donors (Lipinski definition) is 0. The molecule has 5 heteroatoms. The molecule has 2 rings (SSSR count). The van der Waals surface area contributed by atoms with Crippen LogP contribution in [0.25, 0.3) is 0 Å². The average Bonchev–Trinajstić information content (AvgIpc) is 2.55. The van der Waals surface area contributed by atoms with Crippen molar-refractivity contribution in [1.82, 2.24) is 0 Å². The molecule has 2 aromatic rings. The third kappa shape index (κ3) is 4.68. The Bertz CT molecular complexity index is 750. The van der Waals surface area contributed by atoms with Crippen LogP contribution in [-0.2, 0) is 0 Å². The first kappa shape index (κ1) is 19.6. The minimum absolute atomic E-state index is 0.232. The molecule has 0 amide bonds. The summed E-state index contributed by atoms with van der Waals surface area (Å²) in [5.41, 5.74) is 1.57. The monoisotopic (exact) mass is 380 g/mol. The van der Waals surface area contributed by atoms with Crippen molar-refractivity contribution in [1.29, 1.82) is 0 Å². The van der Waals surface area contributed by atoms with Gasteiger partial charge in [-0.05, 0) is 49.1 Å². The van der Waals surface area contributed by atoms with Crippen molar-refractivity contribution in [3.63, 3.8) is 0 Å². The highest BCUT2D eigenvalue weighted by molar-refractivity contribution is 6.41. The summed E-state index contributed by atoms with van der Waals surface area (Å²) in [7, 11) is 1.58. The molecule has 0 saturated carbocycles. The Kier molecular flexibility index (Phi) is 6.74. The predicted octanol–water partition coefficient (Wildman–Crippen LogP) is 5.97. The molecule has 0 spiro atoms. The number of rotatable bonds is 7. The highest BCUT2D eigenvalue weighted by Gasteiger charge is 2.21. The summed E-state index contributed by atoms with van der Waals surface area (Å²) in [5, 5.41) is 0.657. The van der Waals surface area contributed by atoms with E-state index < -0.39 is 0 Å². The number of aryl methyl sites for hydroxylation is 1. The van der Waals surface area contributed by atoms with Gasteiger partial charge in [0.25, 0.3) is 0 Å². The van der Waals surface area contributed by atoms with Gasteiger partial charge in [-0.15, -0.1) is 0 Å². The fraction of sp³-hybridized carbons (Fsp3) is 0.350. The molecule has 25 heavy (non-hydrogen) atoms. The number of halogens is 2. The number of benzene rings is 2. The Morgan fingerprint density at radius 2 is 1.76 bits per heavy atom. The normalized spacial score (nSPS) is 10.8. The second-order valence-corrected chi connectivity index (χ2v) is 7.09. The minimum Gasteiger partial charge on any atom is -0.493 e. The highest BCUT2D eigenvalue weighted by Crippen LogP contribution is 2.34. The molecule has 0 fully saturated rings. The molecule has 0 bridgehead atoms. The van der Waals surface area contributed by atoms with Gasteiger partial charge in [-0.2, -0.15) is 0 Å². The summed E-state index contributed by atoms with van der Waals surface area (Å²) in [6.07, 6.45) is 0.913. The first-order chi connectivity index (χ1) is 11.8. The number of ketones is 1. The maximum atomic E-state index is 13.0. The fourth-order valence-corrected chi connectivity index (χ4v) is 3.00. The van der Waals surface area contributed by atoms with Gasteiger partial charge >= 0.3 is 0 Å². The first-order valence-electron chi connectivity index (χ1n) is 8.15. The maximum absolute atomic E-state index is 13.0. The molecular formula is C20H22Cl2O3. The zero-order valence-corrected chi connectivity index (χ0v) is 16.4. The van der Waals surface area contributed by atoms with E-state index in [4.69, 9.17) is 32.7 Å². The van der Waals surface area contributed by atoms with Gasteiger partial charge in [-0.3, -0.25) is 4.79 Å². The number of hydrogen-bond acceptors (Lipinski definition) is 3. The molecular weight excluding hydrogens is 359 g/mol. The molecule has 3 nitrogen and oxygen atoms in total. The van der Waals surface area contributed by atoms with Crippen molar-refractivity contribution < 1.29 is 14.3 Å². The lowest BCUT2D eigenvalue weighted by Gasteiger charge is -2.15. The summed E-state index contributed by atoms with van der Waals surface area (Å²) in [4.78, 5) is 13.0. The van der Waals surface area contributed by atoms with E-state index in [1.165, 1.54) is 0 Å². The molecule has 0 aliphatic heterocycles. The molecule has 0 aromatic heterocycles. The number of carbonyl (C=O) groups excluding carboxylic acids is 1. The van der Waals surface area contributed by atoms with E-state index >= 15 is 0 Å². The van der Waals surface area contributed by atoms with Crippen molar-refractivity contribution >= 4 is 29.0 Å². The Hall–Kier alpha value is -1.71. The smallest absolute Gasteiger partial charge is 0.196 e. The summed E-state index contributed by atoms with van der Waals surface area (Å²) >= 11 is 12.4. The van der Waals surface area contributed by atoms with E-state index in [1.807, 2.05) is 6.92 Å². The van der Waals surface area contributed by atoms with Crippen molar-refractivity contribution in [2.45, 2.75) is 27.2 Å². The molecule has 0 aliphatic rings. The molecule has 134 valence electrons. The average molecular weight is 381 g/mol. The summed E-state index contributed by atoms with van der Waals surface area (Å²) in [5.74, 6) is 1.44. The Labute approximate surface area is 158 Å². The van der Waals surface area contributed by atoms with Crippen LogP contribution in [0.15, 0.2) is 30.3 Å². The molecule has 0 radical (unpaired) electrons. The zero-order valence-electron chi connectivity index (χ0n) is 14.9. The lowest BCUT2D eigenvalue weighted by atomic mass is 9.98. The summed E-state index contributed by atoms with van der Waals surface area (Å²) < 4.78 is 11.2. The van der Waals surface area contributed by atoms with Crippen molar-refractivity contribution in [2.75, 3.05) is 13.7 Å². The van der Waals surface area contributed by atoms with Gasteiger partial charge in [-0.1, -0.05) is 43.1 Å². The maximum Gasteiger partial charge on any atom is 0.196 e. The van der Waals surface area contributed by atoms with Crippen LogP contribution in [0.1, 0.15) is 41.8 Å². The van der Waals surface area contributed by atoms with Gasteiger partial charge in [0.05, 0.1) is 29.3 Å². The van der Waals surface area contributed by atoms with Gasteiger partial charge < -0.3 is 9.47 Å². The van der Waals surface area contributed by atoms with Gasteiger partial charge in [0.1, 0.15) is 0 Å². The third-order valence-electron chi connectivity index (χ3n) is 3.90. The van der Waals surface area contributed by atoms with Crippen LogP contribution in [0.4, 0.5) is 0 Å². The van der Waals surface area contributed by atoms with Crippen LogP contribution in [-0.4, -0.2) is 19.5 Å². The van der Waals surface area contributed by atoms with Crippen LogP contribution in [0.3, 0.4) is 0 Å².